The number of hydrogen-bond acceptors (Lipinski definition) is 4. The van der Waals surface area contributed by atoms with Gasteiger partial charge in [0.05, 0.1) is 10.6 Å². The van der Waals surface area contributed by atoms with Crippen molar-refractivity contribution >= 4 is 39.1 Å². The normalized spacial score (nSPS) is 12.0. The average Bonchev–Trinajstić information content (AvgIpc) is 2.99. The highest BCUT2D eigenvalue weighted by molar-refractivity contribution is 7.92. The lowest BCUT2D eigenvalue weighted by Gasteiger charge is -2.34. The van der Waals surface area contributed by atoms with Gasteiger partial charge in [-0.1, -0.05) is 90.5 Å². The molecule has 0 bridgehead atoms. The zero-order valence-corrected chi connectivity index (χ0v) is 26.1. The molecule has 1 atom stereocenters. The lowest BCUT2D eigenvalue weighted by Crippen LogP contribution is -2.54. The van der Waals surface area contributed by atoms with Crippen molar-refractivity contribution in [1.82, 2.24) is 10.2 Å². The van der Waals surface area contributed by atoms with Crippen LogP contribution in [0.1, 0.15) is 30.5 Å². The van der Waals surface area contributed by atoms with Gasteiger partial charge in [0.1, 0.15) is 12.6 Å². The number of nitrogens with zero attached hydrogens (tertiary/aromatic N) is 2. The van der Waals surface area contributed by atoms with Crippen LogP contribution in [0.25, 0.3) is 0 Å². The van der Waals surface area contributed by atoms with Gasteiger partial charge in [-0.3, -0.25) is 13.9 Å². The van der Waals surface area contributed by atoms with E-state index in [4.69, 9.17) is 11.6 Å². The molecule has 4 aromatic rings. The molecule has 0 aliphatic heterocycles. The molecule has 43 heavy (non-hydrogen) atoms. The van der Waals surface area contributed by atoms with Gasteiger partial charge in [-0.2, -0.15) is 0 Å². The maximum absolute atomic E-state index is 14.4. The second-order valence-electron chi connectivity index (χ2n) is 10.6. The molecule has 0 unspecified atom stereocenters. The summed E-state index contributed by atoms with van der Waals surface area (Å²) < 4.78 is 29.3. The fourth-order valence-corrected chi connectivity index (χ4v) is 6.41. The van der Waals surface area contributed by atoms with E-state index in [2.05, 4.69) is 5.32 Å². The summed E-state index contributed by atoms with van der Waals surface area (Å²) in [4.78, 5) is 29.6. The summed E-state index contributed by atoms with van der Waals surface area (Å²) >= 11 is 6.05. The zero-order chi connectivity index (χ0) is 31.0. The highest BCUT2D eigenvalue weighted by Crippen LogP contribution is 2.28. The van der Waals surface area contributed by atoms with Crippen LogP contribution in [0.2, 0.25) is 5.02 Å². The van der Waals surface area contributed by atoms with Crippen LogP contribution in [0.5, 0.6) is 0 Å². The molecule has 4 aromatic carbocycles. The lowest BCUT2D eigenvalue weighted by atomic mass is 10.0. The zero-order valence-electron chi connectivity index (χ0n) is 24.5. The van der Waals surface area contributed by atoms with E-state index in [0.717, 1.165) is 15.4 Å². The summed E-state index contributed by atoms with van der Waals surface area (Å²) in [5, 5.41) is 3.36. The number of carbonyl (C=O) groups excluding carboxylic acids is 2. The van der Waals surface area contributed by atoms with Gasteiger partial charge in [-0.05, 0) is 67.8 Å². The van der Waals surface area contributed by atoms with Crippen LogP contribution in [-0.4, -0.2) is 43.8 Å². The van der Waals surface area contributed by atoms with E-state index >= 15 is 0 Å². The molecule has 0 aromatic heterocycles. The maximum atomic E-state index is 14.4. The van der Waals surface area contributed by atoms with Crippen LogP contribution in [0.4, 0.5) is 5.69 Å². The first-order valence-electron chi connectivity index (χ1n) is 14.1. The number of benzene rings is 4. The summed E-state index contributed by atoms with van der Waals surface area (Å²) in [6.45, 7) is 5.12. The van der Waals surface area contributed by atoms with Gasteiger partial charge in [0.25, 0.3) is 10.0 Å². The molecule has 0 aliphatic carbocycles. The second kappa shape index (κ2) is 14.4. The van der Waals surface area contributed by atoms with Gasteiger partial charge in [0.15, 0.2) is 0 Å². The molecule has 7 nitrogen and oxygen atoms in total. The highest BCUT2D eigenvalue weighted by Gasteiger charge is 2.35. The van der Waals surface area contributed by atoms with Crippen molar-refractivity contribution in [2.75, 3.05) is 10.8 Å². The molecule has 0 spiro atoms. The first kappa shape index (κ1) is 31.8. The lowest BCUT2D eigenvalue weighted by molar-refractivity contribution is -0.140. The van der Waals surface area contributed by atoms with Crippen molar-refractivity contribution in [3.8, 4) is 0 Å². The summed E-state index contributed by atoms with van der Waals surface area (Å²) in [5.41, 5.74) is 2.74. The third-order valence-corrected chi connectivity index (χ3v) is 8.99. The van der Waals surface area contributed by atoms with Crippen molar-refractivity contribution in [3.63, 3.8) is 0 Å². The van der Waals surface area contributed by atoms with E-state index in [9.17, 15) is 18.0 Å². The Balaban J connectivity index is 1.80. The third kappa shape index (κ3) is 8.24. The van der Waals surface area contributed by atoms with Crippen LogP contribution in [0, 0.1) is 6.92 Å². The Kier molecular flexibility index (Phi) is 10.6. The quantitative estimate of drug-likeness (QED) is 0.211. The maximum Gasteiger partial charge on any atom is 0.264 e. The number of amides is 2. The van der Waals surface area contributed by atoms with Gasteiger partial charge in [-0.25, -0.2) is 8.42 Å². The molecule has 0 heterocycles. The molecule has 0 fully saturated rings. The van der Waals surface area contributed by atoms with Crippen molar-refractivity contribution in [2.24, 2.45) is 0 Å². The van der Waals surface area contributed by atoms with E-state index in [1.165, 1.54) is 29.2 Å². The average molecular weight is 618 g/mol. The number of halogens is 1. The standard InChI is InChI=1S/C34H36ClN3O4S/c1-25(2)36-34(40)32(22-27-13-6-4-7-14-27)37(23-28-15-8-5-9-16-28)33(39)24-38(31-17-11-10-12-26(31)3)43(41,42)30-20-18-29(35)19-21-30/h4-21,25,32H,22-24H2,1-3H3,(H,36,40)/t32-/m0/s1. The molecule has 224 valence electrons. The molecule has 0 radical (unpaired) electrons. The predicted molar refractivity (Wildman–Crippen MR) is 171 cm³/mol. The first-order valence-corrected chi connectivity index (χ1v) is 15.9. The van der Waals surface area contributed by atoms with Crippen molar-refractivity contribution in [1.29, 1.82) is 0 Å². The highest BCUT2D eigenvalue weighted by atomic mass is 35.5. The summed E-state index contributed by atoms with van der Waals surface area (Å²) in [7, 11) is -4.19. The van der Waals surface area contributed by atoms with Crippen LogP contribution in [0.15, 0.2) is 114 Å². The molecule has 0 saturated carbocycles. The molecule has 9 heteroatoms. The van der Waals surface area contributed by atoms with E-state index < -0.39 is 28.5 Å². The van der Waals surface area contributed by atoms with E-state index in [1.54, 1.807) is 25.1 Å². The van der Waals surface area contributed by atoms with Crippen molar-refractivity contribution in [2.45, 2.75) is 50.7 Å². The van der Waals surface area contributed by atoms with Crippen molar-refractivity contribution in [3.05, 3.63) is 131 Å². The number of para-hydroxylation sites is 1. The van der Waals surface area contributed by atoms with Crippen LogP contribution < -0.4 is 9.62 Å². The number of anilines is 1. The van der Waals surface area contributed by atoms with Crippen LogP contribution in [-0.2, 0) is 32.6 Å². The summed E-state index contributed by atoms with van der Waals surface area (Å²) in [5.74, 6) is -0.824. The molecule has 0 aliphatic rings. The summed E-state index contributed by atoms with van der Waals surface area (Å²) in [6, 6.07) is 30.6. The fourth-order valence-electron chi connectivity index (χ4n) is 4.81. The Hall–Kier alpha value is -4.14. The SMILES string of the molecule is Cc1ccccc1N(CC(=O)N(Cc1ccccc1)[C@@H](Cc1ccccc1)C(=O)NC(C)C)S(=O)(=O)c1ccc(Cl)cc1. The fraction of sp³-hybridized carbons (Fsp3) is 0.235. The first-order chi connectivity index (χ1) is 20.6. The molecule has 2 amide bonds. The van der Waals surface area contributed by atoms with Gasteiger partial charge in [0.2, 0.25) is 11.8 Å². The monoisotopic (exact) mass is 617 g/mol. The Bertz CT molecular complexity index is 1630. The van der Waals surface area contributed by atoms with Gasteiger partial charge in [0, 0.05) is 24.0 Å². The van der Waals surface area contributed by atoms with Gasteiger partial charge in [-0.15, -0.1) is 0 Å². The second-order valence-corrected chi connectivity index (χ2v) is 12.9. The molecule has 0 saturated heterocycles. The number of nitrogens with one attached hydrogen (secondary N) is 1. The smallest absolute Gasteiger partial charge is 0.264 e. The Morgan fingerprint density at radius 1 is 0.791 bits per heavy atom. The van der Waals surface area contributed by atoms with Gasteiger partial charge >= 0.3 is 0 Å². The number of rotatable bonds is 12. The molecule has 1 N–H and O–H groups in total. The Morgan fingerprint density at radius 2 is 1.35 bits per heavy atom. The van der Waals surface area contributed by atoms with Crippen molar-refractivity contribution < 1.29 is 18.0 Å². The van der Waals surface area contributed by atoms with E-state index in [1.807, 2.05) is 80.6 Å². The molecular weight excluding hydrogens is 582 g/mol. The number of carbonyl (C=O) groups is 2. The Morgan fingerprint density at radius 3 is 1.93 bits per heavy atom. The predicted octanol–water partition coefficient (Wildman–Crippen LogP) is 6.01. The Labute approximate surface area is 259 Å². The van der Waals surface area contributed by atoms with E-state index in [0.29, 0.717) is 16.3 Å². The number of sulfonamides is 1. The topological polar surface area (TPSA) is 86.8 Å². The van der Waals surface area contributed by atoms with Crippen LogP contribution in [0.3, 0.4) is 0 Å². The van der Waals surface area contributed by atoms with Crippen LogP contribution >= 0.6 is 11.6 Å². The third-order valence-electron chi connectivity index (χ3n) is 6.96. The number of aryl methyl sites for hydroxylation is 1. The molecule has 4 rings (SSSR count). The summed E-state index contributed by atoms with van der Waals surface area (Å²) in [6.07, 6.45) is 0.256. The minimum absolute atomic E-state index is 0.000879. The minimum atomic E-state index is -4.19. The largest absolute Gasteiger partial charge is 0.352 e. The van der Waals surface area contributed by atoms with E-state index in [-0.39, 0.29) is 29.8 Å². The number of hydrogen-bond donors (Lipinski definition) is 1. The minimum Gasteiger partial charge on any atom is -0.352 e. The molecular formula is C34H36ClN3O4S. The van der Waals surface area contributed by atoms with Gasteiger partial charge < -0.3 is 10.2 Å².